The third-order valence-corrected chi connectivity index (χ3v) is 3.92. The lowest BCUT2D eigenvalue weighted by Crippen LogP contribution is -2.23. The third kappa shape index (κ3) is 5.27. The fourth-order valence-electron chi connectivity index (χ4n) is 2.10. The van der Waals surface area contributed by atoms with Gasteiger partial charge in [0.15, 0.2) is 0 Å². The number of amides is 2. The lowest BCUT2D eigenvalue weighted by molar-refractivity contribution is -0.121. The molecule has 0 unspecified atom stereocenters. The minimum absolute atomic E-state index is 0.0968. The Balaban J connectivity index is 1.85. The second-order valence-corrected chi connectivity index (χ2v) is 5.92. The normalized spacial score (nSPS) is 10.3. The Morgan fingerprint density at radius 1 is 1.09 bits per heavy atom. The summed E-state index contributed by atoms with van der Waals surface area (Å²) in [6.07, 6.45) is 0.847. The van der Waals surface area contributed by atoms with Crippen LogP contribution in [0.5, 0.6) is 0 Å². The van der Waals surface area contributed by atoms with Gasteiger partial charge in [0.05, 0.1) is 0 Å². The lowest BCUT2D eigenvalue weighted by Gasteiger charge is -2.07. The van der Waals surface area contributed by atoms with Crippen LogP contribution >= 0.6 is 23.2 Å². The van der Waals surface area contributed by atoms with E-state index >= 15 is 0 Å². The molecule has 0 heterocycles. The molecule has 0 saturated carbocycles. The highest BCUT2D eigenvalue weighted by molar-refractivity contribution is 6.35. The van der Waals surface area contributed by atoms with Crippen molar-refractivity contribution < 1.29 is 9.59 Å². The van der Waals surface area contributed by atoms with E-state index in [1.807, 2.05) is 12.1 Å². The molecule has 6 heteroatoms. The summed E-state index contributed by atoms with van der Waals surface area (Å²) in [5.74, 6) is -0.587. The number of primary amides is 1. The largest absolute Gasteiger partial charge is 0.366 e. The van der Waals surface area contributed by atoms with Crippen LogP contribution in [0.4, 0.5) is 0 Å². The third-order valence-electron chi connectivity index (χ3n) is 3.34. The predicted molar refractivity (Wildman–Crippen MR) is 91.6 cm³/mol. The molecule has 0 atom stereocenters. The molecule has 0 aliphatic carbocycles. The van der Waals surface area contributed by atoms with Crippen molar-refractivity contribution in [3.8, 4) is 0 Å². The van der Waals surface area contributed by atoms with E-state index in [4.69, 9.17) is 28.9 Å². The molecule has 2 aromatic rings. The van der Waals surface area contributed by atoms with Gasteiger partial charge in [0, 0.05) is 28.6 Å². The van der Waals surface area contributed by atoms with Crippen molar-refractivity contribution in [1.82, 2.24) is 5.32 Å². The molecule has 0 aromatic heterocycles. The maximum Gasteiger partial charge on any atom is 0.248 e. The minimum atomic E-state index is -0.490. The molecule has 0 saturated heterocycles. The highest BCUT2D eigenvalue weighted by atomic mass is 35.5. The highest BCUT2D eigenvalue weighted by Gasteiger charge is 2.07. The van der Waals surface area contributed by atoms with E-state index in [9.17, 15) is 9.59 Å². The maximum atomic E-state index is 11.9. The number of nitrogens with two attached hydrogens (primary N) is 1. The van der Waals surface area contributed by atoms with Gasteiger partial charge in [-0.05, 0) is 41.8 Å². The summed E-state index contributed by atoms with van der Waals surface area (Å²) < 4.78 is 0. The first-order valence-corrected chi connectivity index (χ1v) is 7.80. The summed E-state index contributed by atoms with van der Waals surface area (Å²) in [7, 11) is 0. The molecule has 23 heavy (non-hydrogen) atoms. The zero-order valence-corrected chi connectivity index (χ0v) is 13.8. The van der Waals surface area contributed by atoms with E-state index in [0.29, 0.717) is 35.0 Å². The van der Waals surface area contributed by atoms with Gasteiger partial charge in [0.25, 0.3) is 0 Å². The molecule has 4 nitrogen and oxygen atoms in total. The number of halogens is 2. The Morgan fingerprint density at radius 3 is 2.57 bits per heavy atom. The van der Waals surface area contributed by atoms with Crippen molar-refractivity contribution in [1.29, 1.82) is 0 Å². The van der Waals surface area contributed by atoms with E-state index in [1.165, 1.54) is 0 Å². The van der Waals surface area contributed by atoms with E-state index in [-0.39, 0.29) is 5.91 Å². The maximum absolute atomic E-state index is 11.9. The first kappa shape index (κ1) is 17.3. The molecule has 0 radical (unpaired) electrons. The average molecular weight is 351 g/mol. The van der Waals surface area contributed by atoms with Crippen molar-refractivity contribution in [2.75, 3.05) is 0 Å². The van der Waals surface area contributed by atoms with Gasteiger partial charge in [-0.2, -0.15) is 0 Å². The number of benzene rings is 2. The second-order valence-electron chi connectivity index (χ2n) is 5.08. The summed E-state index contributed by atoms with van der Waals surface area (Å²) in [5.41, 5.74) is 7.34. The Bertz CT molecular complexity index is 732. The first-order chi connectivity index (χ1) is 11.0. The van der Waals surface area contributed by atoms with Gasteiger partial charge in [0.1, 0.15) is 0 Å². The molecule has 0 aliphatic heterocycles. The van der Waals surface area contributed by atoms with Crippen LogP contribution in [-0.2, 0) is 17.8 Å². The Morgan fingerprint density at radius 2 is 1.87 bits per heavy atom. The summed E-state index contributed by atoms with van der Waals surface area (Å²) in [6, 6.07) is 12.1. The van der Waals surface area contributed by atoms with Gasteiger partial charge in [-0.25, -0.2) is 0 Å². The summed E-state index contributed by atoms with van der Waals surface area (Å²) in [4.78, 5) is 23.0. The monoisotopic (exact) mass is 350 g/mol. The van der Waals surface area contributed by atoms with Crippen molar-refractivity contribution in [2.45, 2.75) is 19.4 Å². The highest BCUT2D eigenvalue weighted by Crippen LogP contribution is 2.22. The molecule has 0 fully saturated rings. The van der Waals surface area contributed by atoms with Gasteiger partial charge in [0.2, 0.25) is 11.8 Å². The number of rotatable bonds is 6. The topological polar surface area (TPSA) is 72.2 Å². The number of hydrogen-bond donors (Lipinski definition) is 2. The van der Waals surface area contributed by atoms with Crippen molar-refractivity contribution in [3.63, 3.8) is 0 Å². The summed E-state index contributed by atoms with van der Waals surface area (Å²) in [6.45, 7) is 0.342. The molecule has 2 rings (SSSR count). The number of hydrogen-bond acceptors (Lipinski definition) is 2. The number of aryl methyl sites for hydroxylation is 1. The molecule has 0 aliphatic rings. The molecule has 120 valence electrons. The van der Waals surface area contributed by atoms with Crippen molar-refractivity contribution >= 4 is 35.0 Å². The molecule has 2 aromatic carbocycles. The van der Waals surface area contributed by atoms with Crippen LogP contribution in [-0.4, -0.2) is 11.8 Å². The van der Waals surface area contributed by atoms with E-state index in [2.05, 4.69) is 5.32 Å². The molecular weight excluding hydrogens is 335 g/mol. The van der Waals surface area contributed by atoms with E-state index < -0.39 is 5.91 Å². The Labute approximate surface area is 144 Å². The Kier molecular flexibility index (Phi) is 6.02. The van der Waals surface area contributed by atoms with Crippen LogP contribution in [0.15, 0.2) is 42.5 Å². The second kappa shape index (κ2) is 7.99. The van der Waals surface area contributed by atoms with Gasteiger partial charge < -0.3 is 11.1 Å². The molecule has 0 bridgehead atoms. The van der Waals surface area contributed by atoms with Crippen molar-refractivity contribution in [2.24, 2.45) is 5.73 Å². The minimum Gasteiger partial charge on any atom is -0.366 e. The summed E-state index contributed by atoms with van der Waals surface area (Å²) in [5, 5.41) is 3.93. The van der Waals surface area contributed by atoms with Gasteiger partial charge in [-0.1, -0.05) is 41.4 Å². The Hall–Kier alpha value is -2.04. The zero-order chi connectivity index (χ0) is 16.8. The standard InChI is InChI=1S/C17H16Cl2N2O2/c18-14-6-4-12(15(19)9-14)5-7-16(22)21-10-11-2-1-3-13(8-11)17(20)23/h1-4,6,8-9H,5,7,10H2,(H2,20,23)(H,21,22). The van der Waals surface area contributed by atoms with Crippen LogP contribution in [0, 0.1) is 0 Å². The predicted octanol–water partition coefficient (Wildman–Crippen LogP) is 3.34. The van der Waals surface area contributed by atoms with Gasteiger partial charge in [-0.3, -0.25) is 9.59 Å². The van der Waals surface area contributed by atoms with Crippen LogP contribution in [0.3, 0.4) is 0 Å². The number of carbonyl (C=O) groups is 2. The number of carbonyl (C=O) groups excluding carboxylic acids is 2. The van der Waals surface area contributed by atoms with Crippen LogP contribution in [0.2, 0.25) is 10.0 Å². The molecular formula is C17H16Cl2N2O2. The van der Waals surface area contributed by atoms with Gasteiger partial charge >= 0.3 is 0 Å². The first-order valence-electron chi connectivity index (χ1n) is 7.05. The SMILES string of the molecule is NC(=O)c1cccc(CNC(=O)CCc2ccc(Cl)cc2Cl)c1. The fraction of sp³-hybridized carbons (Fsp3) is 0.176. The van der Waals surface area contributed by atoms with Crippen molar-refractivity contribution in [3.05, 3.63) is 69.2 Å². The lowest BCUT2D eigenvalue weighted by atomic mass is 10.1. The van der Waals surface area contributed by atoms with E-state index in [1.54, 1.807) is 30.3 Å². The molecule has 3 N–H and O–H groups in total. The zero-order valence-electron chi connectivity index (χ0n) is 12.3. The molecule has 0 spiro atoms. The average Bonchev–Trinajstić information content (AvgIpc) is 2.52. The fourth-order valence-corrected chi connectivity index (χ4v) is 2.60. The van der Waals surface area contributed by atoms with Crippen LogP contribution in [0.1, 0.15) is 27.9 Å². The van der Waals surface area contributed by atoms with E-state index in [0.717, 1.165) is 11.1 Å². The quantitative estimate of drug-likeness (QED) is 0.838. The smallest absolute Gasteiger partial charge is 0.248 e. The number of nitrogens with one attached hydrogen (secondary N) is 1. The van der Waals surface area contributed by atoms with Crippen LogP contribution < -0.4 is 11.1 Å². The molecule has 2 amide bonds. The summed E-state index contributed by atoms with van der Waals surface area (Å²) >= 11 is 11.9. The van der Waals surface area contributed by atoms with Gasteiger partial charge in [-0.15, -0.1) is 0 Å². The van der Waals surface area contributed by atoms with Crippen LogP contribution in [0.25, 0.3) is 0 Å².